The third-order valence-electron chi connectivity index (χ3n) is 17.8. The standard InChI is InChI=1S/C81H51N7/c1-4-20-52(21-5-1)53-22-18-23-54(46-53)55-24-19-25-60(47-55)79-82-80(87-73-36-16-12-32-65(73)69-44-40-58(50-77(69)87)56-38-42-67-63-30-10-14-34-71(63)85(75(67)48-56)61-26-6-2-7-27-61)84-81(83-79)88-74-37-17-13-33-66(74)70-45-41-59(51-78(70)88)57-39-43-68-64-31-11-15-35-72(64)86(76(68)49-57)62-28-8-3-9-29-62/h1-51H. The number of rotatable bonds is 9. The van der Waals surface area contributed by atoms with E-state index in [9.17, 15) is 0 Å². The Labute approximate surface area is 506 Å². The lowest BCUT2D eigenvalue weighted by Crippen LogP contribution is -2.10. The zero-order valence-corrected chi connectivity index (χ0v) is 47.6. The van der Waals surface area contributed by atoms with E-state index in [2.05, 4.69) is 328 Å². The van der Waals surface area contributed by atoms with Crippen LogP contribution in [0.4, 0.5) is 0 Å². The van der Waals surface area contributed by atoms with Gasteiger partial charge < -0.3 is 9.13 Å². The minimum Gasteiger partial charge on any atom is -0.309 e. The highest BCUT2D eigenvalue weighted by molar-refractivity contribution is 6.14. The van der Waals surface area contributed by atoms with Crippen LogP contribution in [-0.2, 0) is 0 Å². The van der Waals surface area contributed by atoms with Gasteiger partial charge in [-0.05, 0) is 129 Å². The second-order valence-electron chi connectivity index (χ2n) is 22.8. The number of hydrogen-bond acceptors (Lipinski definition) is 3. The first kappa shape index (κ1) is 49.5. The summed E-state index contributed by atoms with van der Waals surface area (Å²) in [5.74, 6) is 1.59. The summed E-state index contributed by atoms with van der Waals surface area (Å²) in [5.41, 5.74) is 20.6. The molecule has 7 nitrogen and oxygen atoms in total. The maximum atomic E-state index is 5.69. The Hall–Kier alpha value is -11.9. The fraction of sp³-hybridized carbons (Fsp3) is 0. The van der Waals surface area contributed by atoms with Crippen LogP contribution in [0.3, 0.4) is 0 Å². The van der Waals surface area contributed by atoms with E-state index >= 15 is 0 Å². The van der Waals surface area contributed by atoms with Gasteiger partial charge >= 0.3 is 0 Å². The van der Waals surface area contributed by atoms with Gasteiger partial charge in [0.25, 0.3) is 0 Å². The normalized spacial score (nSPS) is 11.9. The fourth-order valence-corrected chi connectivity index (χ4v) is 13.8. The molecule has 410 valence electrons. The summed E-state index contributed by atoms with van der Waals surface area (Å²) in [4.78, 5) is 16.9. The van der Waals surface area contributed by atoms with Crippen molar-refractivity contribution in [3.8, 4) is 79.2 Å². The first-order chi connectivity index (χ1) is 43.6. The van der Waals surface area contributed by atoms with E-state index in [4.69, 9.17) is 15.0 Å². The molecule has 0 aliphatic rings. The van der Waals surface area contributed by atoms with Crippen molar-refractivity contribution in [3.63, 3.8) is 0 Å². The molecule has 0 radical (unpaired) electrons. The van der Waals surface area contributed by atoms with E-state index in [-0.39, 0.29) is 0 Å². The zero-order chi connectivity index (χ0) is 57.8. The second kappa shape index (κ2) is 19.8. The first-order valence-electron chi connectivity index (χ1n) is 29.9. The molecular weight excluding hydrogens is 1070 g/mol. The maximum absolute atomic E-state index is 5.69. The molecule has 18 aromatic rings. The lowest BCUT2D eigenvalue weighted by molar-refractivity contribution is 0.893. The highest BCUT2D eigenvalue weighted by atomic mass is 15.3. The molecule has 7 heteroatoms. The Morgan fingerprint density at radius 2 is 0.443 bits per heavy atom. The summed E-state index contributed by atoms with van der Waals surface area (Å²) in [6.45, 7) is 0. The van der Waals surface area contributed by atoms with Gasteiger partial charge in [0.1, 0.15) is 0 Å². The van der Waals surface area contributed by atoms with Crippen molar-refractivity contribution < 1.29 is 0 Å². The molecule has 0 aliphatic carbocycles. The molecule has 0 saturated heterocycles. The highest BCUT2D eigenvalue weighted by Gasteiger charge is 2.23. The van der Waals surface area contributed by atoms with Crippen LogP contribution < -0.4 is 0 Å². The lowest BCUT2D eigenvalue weighted by atomic mass is 9.98. The summed E-state index contributed by atoms with van der Waals surface area (Å²) < 4.78 is 9.26. The Bertz CT molecular complexity index is 5520. The van der Waals surface area contributed by atoms with Crippen LogP contribution in [0.1, 0.15) is 0 Å². The topological polar surface area (TPSA) is 58.4 Å². The minimum absolute atomic E-state index is 0.515. The summed E-state index contributed by atoms with van der Waals surface area (Å²) in [7, 11) is 0. The maximum Gasteiger partial charge on any atom is 0.240 e. The van der Waals surface area contributed by atoms with Crippen LogP contribution in [0, 0.1) is 0 Å². The van der Waals surface area contributed by atoms with Crippen molar-refractivity contribution in [2.45, 2.75) is 0 Å². The number of nitrogens with zero attached hydrogens (tertiary/aromatic N) is 7. The van der Waals surface area contributed by atoms with Crippen LogP contribution >= 0.6 is 0 Å². The number of para-hydroxylation sites is 6. The lowest BCUT2D eigenvalue weighted by Gasteiger charge is -2.14. The molecule has 5 aromatic heterocycles. The van der Waals surface area contributed by atoms with Gasteiger partial charge in [-0.25, -0.2) is 0 Å². The second-order valence-corrected chi connectivity index (χ2v) is 22.8. The predicted octanol–water partition coefficient (Wildman–Crippen LogP) is 20.6. The molecule has 13 aromatic carbocycles. The van der Waals surface area contributed by atoms with Gasteiger partial charge in [-0.3, -0.25) is 9.13 Å². The van der Waals surface area contributed by atoms with E-state index in [1.165, 1.54) is 38.1 Å². The fourth-order valence-electron chi connectivity index (χ4n) is 13.8. The van der Waals surface area contributed by atoms with Crippen molar-refractivity contribution in [3.05, 3.63) is 309 Å². The quantitative estimate of drug-likeness (QED) is 0.145. The molecule has 0 fully saturated rings. The molecule has 0 atom stereocenters. The molecule has 0 unspecified atom stereocenters. The third-order valence-corrected chi connectivity index (χ3v) is 17.8. The van der Waals surface area contributed by atoms with Gasteiger partial charge in [-0.15, -0.1) is 0 Å². The molecule has 5 heterocycles. The van der Waals surface area contributed by atoms with Crippen molar-refractivity contribution in [1.29, 1.82) is 0 Å². The number of fused-ring (bicyclic) bond motifs is 12. The summed E-state index contributed by atoms with van der Waals surface area (Å²) in [6.07, 6.45) is 0. The predicted molar refractivity (Wildman–Crippen MR) is 364 cm³/mol. The molecule has 0 aliphatic heterocycles. The largest absolute Gasteiger partial charge is 0.309 e. The number of aromatic nitrogens is 7. The van der Waals surface area contributed by atoms with E-state index < -0.39 is 0 Å². The Balaban J connectivity index is 0.861. The van der Waals surface area contributed by atoms with Crippen molar-refractivity contribution in [2.75, 3.05) is 0 Å². The van der Waals surface area contributed by atoms with Gasteiger partial charge in [0.15, 0.2) is 5.82 Å². The smallest absolute Gasteiger partial charge is 0.240 e. The minimum atomic E-state index is 0.515. The van der Waals surface area contributed by atoms with Crippen LogP contribution in [0.5, 0.6) is 0 Å². The third kappa shape index (κ3) is 7.88. The van der Waals surface area contributed by atoms with Crippen LogP contribution in [-0.4, -0.2) is 33.2 Å². The van der Waals surface area contributed by atoms with Gasteiger partial charge in [0.05, 0.1) is 44.1 Å². The number of benzene rings is 13. The summed E-state index contributed by atoms with van der Waals surface area (Å²) in [6, 6.07) is 111. The monoisotopic (exact) mass is 1120 g/mol. The first-order valence-corrected chi connectivity index (χ1v) is 29.9. The van der Waals surface area contributed by atoms with Crippen molar-refractivity contribution >= 4 is 87.2 Å². The van der Waals surface area contributed by atoms with Crippen molar-refractivity contribution in [1.82, 2.24) is 33.2 Å². The number of hydrogen-bond donors (Lipinski definition) is 0. The van der Waals surface area contributed by atoms with Gasteiger partial charge in [-0.1, -0.05) is 224 Å². The van der Waals surface area contributed by atoms with Gasteiger partial charge in [0.2, 0.25) is 11.9 Å². The Morgan fingerprint density at radius 1 is 0.170 bits per heavy atom. The Morgan fingerprint density at radius 3 is 0.841 bits per heavy atom. The average molecular weight is 1120 g/mol. The molecule has 0 spiro atoms. The van der Waals surface area contributed by atoms with Crippen LogP contribution in [0.2, 0.25) is 0 Å². The van der Waals surface area contributed by atoms with Crippen molar-refractivity contribution in [2.24, 2.45) is 0 Å². The van der Waals surface area contributed by atoms with Gasteiger partial charge in [0, 0.05) is 60.0 Å². The van der Waals surface area contributed by atoms with Crippen LogP contribution in [0.15, 0.2) is 309 Å². The Kier molecular flexibility index (Phi) is 11.2. The van der Waals surface area contributed by atoms with E-state index in [0.29, 0.717) is 17.7 Å². The highest BCUT2D eigenvalue weighted by Crippen LogP contribution is 2.42. The molecule has 88 heavy (non-hydrogen) atoms. The SMILES string of the molecule is c1ccc(-c2cccc(-c3cccc(-c4nc(-n5c6ccccc6c6ccc(-c7ccc8c9ccccc9n(-c9ccccc9)c8c7)cc65)nc(-n5c6ccccc6c6ccc(-c7ccc8c9ccccc9n(-c9ccccc9)c8c7)cc65)n4)c3)c2)cc1. The molecular formula is C81H51N7. The molecule has 0 N–H and O–H groups in total. The molecule has 18 rings (SSSR count). The van der Waals surface area contributed by atoms with Crippen LogP contribution in [0.25, 0.3) is 166 Å². The van der Waals surface area contributed by atoms with Gasteiger partial charge in [-0.2, -0.15) is 15.0 Å². The van der Waals surface area contributed by atoms with E-state index in [1.807, 2.05) is 0 Å². The molecule has 0 saturated carbocycles. The average Bonchev–Trinajstić information content (AvgIpc) is 1.92. The zero-order valence-electron chi connectivity index (χ0n) is 47.6. The summed E-state index contributed by atoms with van der Waals surface area (Å²) >= 11 is 0. The summed E-state index contributed by atoms with van der Waals surface area (Å²) in [5, 5.41) is 9.29. The molecule has 0 amide bonds. The van der Waals surface area contributed by atoms with E-state index in [0.717, 1.165) is 111 Å². The molecule has 0 bridgehead atoms. The van der Waals surface area contributed by atoms with E-state index in [1.54, 1.807) is 0 Å².